The third kappa shape index (κ3) is 2.50. The summed E-state index contributed by atoms with van der Waals surface area (Å²) in [5.41, 5.74) is 6.71. The van der Waals surface area contributed by atoms with E-state index >= 15 is 0 Å². The number of carbonyl (C=O) groups excluding carboxylic acids is 1. The lowest BCUT2D eigenvalue weighted by molar-refractivity contribution is 0.0522. The largest absolute Gasteiger partial charge is 0.462 e. The minimum Gasteiger partial charge on any atom is -0.462 e. The maximum atomic E-state index is 12.2. The van der Waals surface area contributed by atoms with Crippen LogP contribution in [0.3, 0.4) is 0 Å². The number of carbonyl (C=O) groups is 1. The summed E-state index contributed by atoms with van der Waals surface area (Å²) < 4.78 is 10.7. The Labute approximate surface area is 141 Å². The second-order valence-corrected chi connectivity index (χ2v) is 7.12. The molecule has 2 aromatic heterocycles. The third-order valence-corrected chi connectivity index (χ3v) is 5.61. The van der Waals surface area contributed by atoms with Crippen molar-refractivity contribution in [1.29, 1.82) is 5.26 Å². The molecule has 0 fully saturated rings. The number of aryl methyl sites for hydroxylation is 1. The number of esters is 1. The summed E-state index contributed by atoms with van der Waals surface area (Å²) in [7, 11) is 0. The van der Waals surface area contributed by atoms with Crippen LogP contribution in [0.25, 0.3) is 0 Å². The van der Waals surface area contributed by atoms with Crippen LogP contribution in [0.5, 0.6) is 5.75 Å². The van der Waals surface area contributed by atoms with E-state index in [1.54, 1.807) is 18.3 Å². The predicted octanol–water partition coefficient (Wildman–Crippen LogP) is 3.51. The summed E-state index contributed by atoms with van der Waals surface area (Å²) in [5.74, 6) is -0.265. The molecule has 0 saturated heterocycles. The molecule has 7 heteroatoms. The van der Waals surface area contributed by atoms with Gasteiger partial charge in [-0.15, -0.1) is 22.7 Å². The highest BCUT2D eigenvalue weighted by Crippen LogP contribution is 2.50. The minimum atomic E-state index is -0.430. The van der Waals surface area contributed by atoms with Gasteiger partial charge in [0.1, 0.15) is 17.2 Å². The van der Waals surface area contributed by atoms with Gasteiger partial charge in [0.2, 0.25) is 5.88 Å². The van der Waals surface area contributed by atoms with Crippen molar-refractivity contribution < 1.29 is 14.3 Å². The van der Waals surface area contributed by atoms with E-state index in [0.29, 0.717) is 16.9 Å². The molecule has 2 aromatic rings. The maximum absolute atomic E-state index is 12.2. The zero-order valence-corrected chi connectivity index (χ0v) is 14.2. The molecular weight excluding hydrogens is 332 g/mol. The zero-order chi connectivity index (χ0) is 16.6. The van der Waals surface area contributed by atoms with Crippen molar-refractivity contribution in [2.75, 3.05) is 6.61 Å². The normalized spacial score (nSPS) is 16.5. The quantitative estimate of drug-likeness (QED) is 0.860. The summed E-state index contributed by atoms with van der Waals surface area (Å²) in [4.78, 5) is 14.8. The summed E-state index contributed by atoms with van der Waals surface area (Å²) in [6.07, 6.45) is 0. The van der Waals surface area contributed by atoms with Crippen LogP contribution in [0.1, 0.15) is 37.8 Å². The number of nitrogens with zero attached hydrogens (tertiary/aromatic N) is 1. The van der Waals surface area contributed by atoms with E-state index in [1.807, 2.05) is 24.4 Å². The van der Waals surface area contributed by atoms with E-state index in [2.05, 4.69) is 6.07 Å². The third-order valence-electron chi connectivity index (χ3n) is 3.52. The Morgan fingerprint density at radius 2 is 2.35 bits per heavy atom. The lowest BCUT2D eigenvalue weighted by atomic mass is 9.93. The topological polar surface area (TPSA) is 85.3 Å². The van der Waals surface area contributed by atoms with Gasteiger partial charge < -0.3 is 15.2 Å². The first-order chi connectivity index (χ1) is 11.1. The van der Waals surface area contributed by atoms with Crippen LogP contribution in [-0.2, 0) is 4.74 Å². The first-order valence-electron chi connectivity index (χ1n) is 6.99. The molecule has 1 aliphatic heterocycles. The predicted molar refractivity (Wildman–Crippen MR) is 88.6 cm³/mol. The number of hydrogen-bond acceptors (Lipinski definition) is 7. The van der Waals surface area contributed by atoms with Gasteiger partial charge in [-0.3, -0.25) is 0 Å². The molecule has 0 spiro atoms. The summed E-state index contributed by atoms with van der Waals surface area (Å²) in [5, 5.41) is 11.4. The van der Waals surface area contributed by atoms with Crippen molar-refractivity contribution >= 4 is 28.6 Å². The van der Waals surface area contributed by atoms with Crippen molar-refractivity contribution in [2.45, 2.75) is 19.8 Å². The van der Waals surface area contributed by atoms with Crippen LogP contribution in [0, 0.1) is 18.3 Å². The molecule has 0 saturated carbocycles. The number of hydrogen-bond donors (Lipinski definition) is 1. The van der Waals surface area contributed by atoms with Crippen molar-refractivity contribution in [1.82, 2.24) is 0 Å². The highest BCUT2D eigenvalue weighted by molar-refractivity contribution is 7.13. The average Bonchev–Trinajstić information content (AvgIpc) is 3.13. The van der Waals surface area contributed by atoms with Gasteiger partial charge in [0.05, 0.1) is 17.4 Å². The van der Waals surface area contributed by atoms with Gasteiger partial charge >= 0.3 is 5.97 Å². The Morgan fingerprint density at radius 3 is 2.96 bits per heavy atom. The molecule has 3 rings (SSSR count). The number of fused-ring (bicyclic) bond motifs is 1. The lowest BCUT2D eigenvalue weighted by Crippen LogP contribution is -2.20. The molecule has 1 atom stereocenters. The standard InChI is InChI=1S/C16H14N2O3S2/c1-3-20-16(19)11-8(2)23-14-12(10-5-4-6-22-10)9(7-17)15(18)21-13(11)14/h4-6,12H,3,18H2,1-2H3/t12-/m0/s1. The van der Waals surface area contributed by atoms with E-state index in [4.69, 9.17) is 15.2 Å². The van der Waals surface area contributed by atoms with Crippen molar-refractivity contribution in [3.63, 3.8) is 0 Å². The van der Waals surface area contributed by atoms with Crippen molar-refractivity contribution in [3.8, 4) is 11.8 Å². The Balaban J connectivity index is 2.19. The Hall–Kier alpha value is -2.30. The van der Waals surface area contributed by atoms with E-state index in [0.717, 1.165) is 14.6 Å². The molecule has 5 nitrogen and oxygen atoms in total. The molecule has 0 aromatic carbocycles. The van der Waals surface area contributed by atoms with Crippen LogP contribution in [0.4, 0.5) is 0 Å². The van der Waals surface area contributed by atoms with Crippen LogP contribution < -0.4 is 10.5 Å². The van der Waals surface area contributed by atoms with Gasteiger partial charge in [-0.2, -0.15) is 5.26 Å². The van der Waals surface area contributed by atoms with Gasteiger partial charge in [0.15, 0.2) is 5.75 Å². The number of rotatable bonds is 3. The van der Waals surface area contributed by atoms with Crippen LogP contribution in [0.2, 0.25) is 0 Å². The Morgan fingerprint density at radius 1 is 1.57 bits per heavy atom. The first kappa shape index (κ1) is 15.6. The number of thiophene rings is 2. The number of nitriles is 1. The molecule has 0 unspecified atom stereocenters. The second kappa shape index (κ2) is 6.07. The van der Waals surface area contributed by atoms with Gasteiger partial charge in [-0.25, -0.2) is 4.79 Å². The summed E-state index contributed by atoms with van der Waals surface area (Å²) in [6, 6.07) is 6.02. The van der Waals surface area contributed by atoms with E-state index < -0.39 is 5.97 Å². The first-order valence-corrected chi connectivity index (χ1v) is 8.69. The van der Waals surface area contributed by atoms with Gasteiger partial charge in [0.25, 0.3) is 0 Å². The fourth-order valence-corrected chi connectivity index (χ4v) is 4.69. The molecule has 1 aliphatic rings. The molecule has 2 N–H and O–H groups in total. The fourth-order valence-electron chi connectivity index (χ4n) is 2.56. The monoisotopic (exact) mass is 346 g/mol. The van der Waals surface area contributed by atoms with Crippen molar-refractivity contribution in [2.24, 2.45) is 5.73 Å². The highest BCUT2D eigenvalue weighted by Gasteiger charge is 2.37. The zero-order valence-electron chi connectivity index (χ0n) is 12.6. The molecule has 0 radical (unpaired) electrons. The summed E-state index contributed by atoms with van der Waals surface area (Å²) >= 11 is 2.98. The molecular formula is C16H14N2O3S2. The van der Waals surface area contributed by atoms with Crippen LogP contribution in [-0.4, -0.2) is 12.6 Å². The molecule has 23 heavy (non-hydrogen) atoms. The molecule has 0 amide bonds. The number of allylic oxidation sites excluding steroid dienone is 1. The van der Waals surface area contributed by atoms with Crippen molar-refractivity contribution in [3.05, 3.63) is 49.2 Å². The SMILES string of the molecule is CCOC(=O)c1c(C)sc2c1OC(N)=C(C#N)[C@H]2c1cccs1. The van der Waals surface area contributed by atoms with Crippen LogP contribution in [0.15, 0.2) is 29.0 Å². The Kier molecular flexibility index (Phi) is 4.11. The number of ether oxygens (including phenoxy) is 2. The lowest BCUT2D eigenvalue weighted by Gasteiger charge is -2.23. The van der Waals surface area contributed by atoms with Crippen LogP contribution >= 0.6 is 22.7 Å². The molecule has 0 bridgehead atoms. The molecule has 3 heterocycles. The fraction of sp³-hybridized carbons (Fsp3) is 0.250. The Bertz CT molecular complexity index is 828. The minimum absolute atomic E-state index is 0.0433. The van der Waals surface area contributed by atoms with E-state index in [9.17, 15) is 10.1 Å². The van der Waals surface area contributed by atoms with E-state index in [-0.39, 0.29) is 18.4 Å². The average molecular weight is 346 g/mol. The second-order valence-electron chi connectivity index (χ2n) is 4.89. The number of nitrogens with two attached hydrogens (primary N) is 1. The maximum Gasteiger partial charge on any atom is 0.343 e. The van der Waals surface area contributed by atoms with Gasteiger partial charge in [-0.1, -0.05) is 6.07 Å². The molecule has 0 aliphatic carbocycles. The van der Waals surface area contributed by atoms with E-state index in [1.165, 1.54) is 11.3 Å². The smallest absolute Gasteiger partial charge is 0.343 e. The summed E-state index contributed by atoms with van der Waals surface area (Å²) in [6.45, 7) is 3.88. The molecule has 118 valence electrons. The van der Waals surface area contributed by atoms with Gasteiger partial charge in [0, 0.05) is 9.75 Å². The van der Waals surface area contributed by atoms with Gasteiger partial charge in [-0.05, 0) is 25.3 Å². The highest BCUT2D eigenvalue weighted by atomic mass is 32.1.